The Hall–Kier alpha value is -1.50. The van der Waals surface area contributed by atoms with Gasteiger partial charge in [-0.05, 0) is 26.0 Å². The minimum absolute atomic E-state index is 0.0408. The number of benzene rings is 1. The van der Waals surface area contributed by atoms with Crippen LogP contribution < -0.4 is 5.73 Å². The van der Waals surface area contributed by atoms with E-state index in [4.69, 9.17) is 38.4 Å². The Balaban J connectivity index is 1.98. The van der Waals surface area contributed by atoms with E-state index < -0.39 is 5.97 Å². The molecule has 0 bridgehead atoms. The maximum absolute atomic E-state index is 12.2. The number of anilines is 1. The Morgan fingerprint density at radius 3 is 2.52 bits per heavy atom. The first-order valence-corrected chi connectivity index (χ1v) is 7.88. The molecule has 1 aliphatic rings. The fourth-order valence-corrected chi connectivity index (χ4v) is 2.92. The standard InChI is InChI=1S/C15H18Cl2N2O4/c1-8-5-19(6-9(2)23-8)13(20)7-22-15(21)11-3-10(16)4-12(17)14(11)18/h3-4,8-9H,5-7,18H2,1-2H3. The minimum Gasteiger partial charge on any atom is -0.452 e. The summed E-state index contributed by atoms with van der Waals surface area (Å²) in [5.74, 6) is -1.03. The molecule has 0 aliphatic carbocycles. The highest BCUT2D eigenvalue weighted by molar-refractivity contribution is 6.37. The summed E-state index contributed by atoms with van der Waals surface area (Å²) < 4.78 is 10.6. The highest BCUT2D eigenvalue weighted by atomic mass is 35.5. The molecule has 0 saturated carbocycles. The molecule has 1 aliphatic heterocycles. The van der Waals surface area contributed by atoms with Gasteiger partial charge >= 0.3 is 5.97 Å². The molecule has 0 radical (unpaired) electrons. The molecule has 2 atom stereocenters. The number of esters is 1. The Morgan fingerprint density at radius 2 is 1.91 bits per heavy atom. The fourth-order valence-electron chi connectivity index (χ4n) is 2.43. The monoisotopic (exact) mass is 360 g/mol. The van der Waals surface area contributed by atoms with E-state index in [-0.39, 0.29) is 46.0 Å². The number of rotatable bonds is 3. The van der Waals surface area contributed by atoms with E-state index >= 15 is 0 Å². The van der Waals surface area contributed by atoms with Gasteiger partial charge in [0.1, 0.15) is 0 Å². The second kappa shape index (κ2) is 7.38. The Bertz CT molecular complexity index is 614. The molecule has 1 aromatic carbocycles. The quantitative estimate of drug-likeness (QED) is 0.660. The number of ether oxygens (including phenoxy) is 2. The SMILES string of the molecule is CC1CN(C(=O)COC(=O)c2cc(Cl)cc(Cl)c2N)CC(C)O1. The number of nitrogen functional groups attached to an aromatic ring is 1. The lowest BCUT2D eigenvalue weighted by Gasteiger charge is -2.35. The first kappa shape index (κ1) is 17.8. The zero-order chi connectivity index (χ0) is 17.1. The molecule has 1 amide bonds. The fraction of sp³-hybridized carbons (Fsp3) is 0.467. The number of hydrogen-bond acceptors (Lipinski definition) is 5. The first-order valence-electron chi connectivity index (χ1n) is 7.12. The first-order chi connectivity index (χ1) is 10.8. The molecule has 2 N–H and O–H groups in total. The molecule has 0 spiro atoms. The van der Waals surface area contributed by atoms with Crippen LogP contribution in [0.25, 0.3) is 0 Å². The third-order valence-corrected chi connectivity index (χ3v) is 3.94. The molecule has 1 aromatic rings. The molecule has 6 nitrogen and oxygen atoms in total. The minimum atomic E-state index is -0.741. The van der Waals surface area contributed by atoms with Crippen molar-refractivity contribution in [1.82, 2.24) is 4.90 Å². The summed E-state index contributed by atoms with van der Waals surface area (Å²) in [7, 11) is 0. The van der Waals surface area contributed by atoms with Crippen molar-refractivity contribution in [1.29, 1.82) is 0 Å². The van der Waals surface area contributed by atoms with Gasteiger partial charge in [0, 0.05) is 18.1 Å². The van der Waals surface area contributed by atoms with Crippen LogP contribution in [0, 0.1) is 0 Å². The molecule has 1 saturated heterocycles. The lowest BCUT2D eigenvalue weighted by Crippen LogP contribution is -2.49. The van der Waals surface area contributed by atoms with Gasteiger partial charge in [-0.1, -0.05) is 23.2 Å². The molecule has 0 aromatic heterocycles. The van der Waals surface area contributed by atoms with Crippen LogP contribution in [-0.2, 0) is 14.3 Å². The van der Waals surface area contributed by atoms with Gasteiger partial charge in [0.25, 0.3) is 5.91 Å². The Morgan fingerprint density at radius 1 is 1.30 bits per heavy atom. The highest BCUT2D eigenvalue weighted by Crippen LogP contribution is 2.28. The summed E-state index contributed by atoms with van der Waals surface area (Å²) in [6.07, 6.45) is -0.110. The molecule has 23 heavy (non-hydrogen) atoms. The van der Waals surface area contributed by atoms with E-state index in [1.807, 2.05) is 13.8 Å². The van der Waals surface area contributed by atoms with Gasteiger partial charge in [-0.25, -0.2) is 4.79 Å². The van der Waals surface area contributed by atoms with E-state index in [1.165, 1.54) is 12.1 Å². The number of halogens is 2. The van der Waals surface area contributed by atoms with E-state index in [2.05, 4.69) is 0 Å². The largest absolute Gasteiger partial charge is 0.452 e. The van der Waals surface area contributed by atoms with Crippen molar-refractivity contribution >= 4 is 40.8 Å². The number of nitrogens with two attached hydrogens (primary N) is 1. The lowest BCUT2D eigenvalue weighted by molar-refractivity contribution is -0.146. The zero-order valence-electron chi connectivity index (χ0n) is 12.8. The van der Waals surface area contributed by atoms with E-state index in [0.717, 1.165) is 0 Å². The van der Waals surface area contributed by atoms with Crippen molar-refractivity contribution in [3.05, 3.63) is 27.7 Å². The lowest BCUT2D eigenvalue weighted by atomic mass is 10.2. The van der Waals surface area contributed by atoms with Crippen LogP contribution in [0.1, 0.15) is 24.2 Å². The number of carbonyl (C=O) groups excluding carboxylic acids is 2. The van der Waals surface area contributed by atoms with Crippen molar-refractivity contribution in [2.75, 3.05) is 25.4 Å². The van der Waals surface area contributed by atoms with Crippen LogP contribution in [0.5, 0.6) is 0 Å². The third kappa shape index (κ3) is 4.50. The number of amides is 1. The molecular weight excluding hydrogens is 343 g/mol. The normalized spacial score (nSPS) is 21.1. The second-order valence-electron chi connectivity index (χ2n) is 5.48. The summed E-state index contributed by atoms with van der Waals surface area (Å²) >= 11 is 11.7. The summed E-state index contributed by atoms with van der Waals surface area (Å²) in [6, 6.07) is 2.78. The number of nitrogens with zero attached hydrogens (tertiary/aromatic N) is 1. The molecule has 8 heteroatoms. The number of hydrogen-bond donors (Lipinski definition) is 1. The van der Waals surface area contributed by atoms with Gasteiger partial charge in [0.2, 0.25) is 0 Å². The molecular formula is C15H18Cl2N2O4. The summed E-state index contributed by atoms with van der Waals surface area (Å²) in [5.41, 5.74) is 5.85. The zero-order valence-corrected chi connectivity index (χ0v) is 14.4. The molecule has 1 heterocycles. The number of carbonyl (C=O) groups is 2. The molecule has 2 unspecified atom stereocenters. The van der Waals surface area contributed by atoms with Gasteiger partial charge in [0.05, 0.1) is 28.5 Å². The topological polar surface area (TPSA) is 81.9 Å². The van der Waals surface area contributed by atoms with E-state index in [0.29, 0.717) is 13.1 Å². The summed E-state index contributed by atoms with van der Waals surface area (Å²) in [4.78, 5) is 25.8. The Kier molecular flexibility index (Phi) is 5.73. The van der Waals surface area contributed by atoms with Gasteiger partial charge in [-0.15, -0.1) is 0 Å². The van der Waals surface area contributed by atoms with Gasteiger partial charge in [-0.2, -0.15) is 0 Å². The third-order valence-electron chi connectivity index (χ3n) is 3.41. The molecule has 126 valence electrons. The van der Waals surface area contributed by atoms with E-state index in [1.54, 1.807) is 4.90 Å². The summed E-state index contributed by atoms with van der Waals surface area (Å²) in [5, 5.41) is 0.421. The summed E-state index contributed by atoms with van der Waals surface area (Å²) in [6.45, 7) is 4.33. The van der Waals surface area contributed by atoms with Crippen LogP contribution in [0.4, 0.5) is 5.69 Å². The maximum Gasteiger partial charge on any atom is 0.340 e. The van der Waals surface area contributed by atoms with Crippen molar-refractivity contribution in [3.63, 3.8) is 0 Å². The van der Waals surface area contributed by atoms with Crippen LogP contribution in [0.2, 0.25) is 10.0 Å². The van der Waals surface area contributed by atoms with Gasteiger partial charge < -0.3 is 20.1 Å². The van der Waals surface area contributed by atoms with Crippen LogP contribution in [0.3, 0.4) is 0 Å². The van der Waals surface area contributed by atoms with Crippen molar-refractivity contribution < 1.29 is 19.1 Å². The van der Waals surface area contributed by atoms with Crippen LogP contribution in [-0.4, -0.2) is 48.7 Å². The smallest absolute Gasteiger partial charge is 0.340 e. The van der Waals surface area contributed by atoms with Gasteiger partial charge in [-0.3, -0.25) is 4.79 Å². The van der Waals surface area contributed by atoms with Crippen LogP contribution >= 0.6 is 23.2 Å². The predicted molar refractivity (Wildman–Crippen MR) is 87.7 cm³/mol. The maximum atomic E-state index is 12.2. The highest BCUT2D eigenvalue weighted by Gasteiger charge is 2.26. The predicted octanol–water partition coefficient (Wildman–Crippen LogP) is 2.37. The van der Waals surface area contributed by atoms with Crippen LogP contribution in [0.15, 0.2) is 12.1 Å². The van der Waals surface area contributed by atoms with E-state index in [9.17, 15) is 9.59 Å². The van der Waals surface area contributed by atoms with Crippen molar-refractivity contribution in [2.45, 2.75) is 26.1 Å². The Labute approximate surface area is 144 Å². The number of morpholine rings is 1. The average molecular weight is 361 g/mol. The molecule has 1 fully saturated rings. The molecule has 2 rings (SSSR count). The van der Waals surface area contributed by atoms with Gasteiger partial charge in [0.15, 0.2) is 6.61 Å². The second-order valence-corrected chi connectivity index (χ2v) is 6.32. The van der Waals surface area contributed by atoms with Crippen molar-refractivity contribution in [3.8, 4) is 0 Å². The average Bonchev–Trinajstić information content (AvgIpc) is 2.47. The van der Waals surface area contributed by atoms with Crippen molar-refractivity contribution in [2.24, 2.45) is 0 Å².